The molecule has 324 valence electrons. The summed E-state index contributed by atoms with van der Waals surface area (Å²) in [6, 6.07) is 67.5. The number of para-hydroxylation sites is 1. The third-order valence-corrected chi connectivity index (χ3v) is 14.0. The molecule has 0 unspecified atom stereocenters. The normalized spacial score (nSPS) is 12.5. The lowest BCUT2D eigenvalue weighted by Crippen LogP contribution is -2.60. The van der Waals surface area contributed by atoms with E-state index in [-0.39, 0.29) is 6.71 Å². The van der Waals surface area contributed by atoms with Crippen LogP contribution in [0.3, 0.4) is 0 Å². The molecule has 2 aliphatic rings. The van der Waals surface area contributed by atoms with Crippen molar-refractivity contribution < 1.29 is 4.74 Å². The maximum absolute atomic E-state index is 7.23. The summed E-state index contributed by atoms with van der Waals surface area (Å²) in [6.07, 6.45) is 0. The molecule has 0 bridgehead atoms. The highest BCUT2D eigenvalue weighted by Crippen LogP contribution is 2.50. The van der Waals surface area contributed by atoms with Gasteiger partial charge in [0, 0.05) is 69.2 Å². The molecule has 0 atom stereocenters. The van der Waals surface area contributed by atoms with Crippen molar-refractivity contribution in [1.29, 1.82) is 0 Å². The van der Waals surface area contributed by atoms with E-state index in [0.717, 1.165) is 62.7 Å². The highest BCUT2D eigenvalue weighted by molar-refractivity contribution is 7.01. The third-order valence-electron chi connectivity index (χ3n) is 14.0. The van der Waals surface area contributed by atoms with Gasteiger partial charge in [-0.15, -0.1) is 0 Å². The Kier molecular flexibility index (Phi) is 9.44. The molecule has 0 saturated carbocycles. The Morgan fingerprint density at radius 3 is 1.49 bits per heavy atom. The van der Waals surface area contributed by atoms with E-state index in [1.807, 2.05) is 0 Å². The first kappa shape index (κ1) is 40.5. The fraction of sp³-hybridized carbons (Fsp3) is 0.115. The number of hydrogen-bond donors (Lipinski definition) is 0. The van der Waals surface area contributed by atoms with Gasteiger partial charge < -0.3 is 24.0 Å². The number of rotatable bonds is 7. The molecule has 9 aromatic carbocycles. The summed E-state index contributed by atoms with van der Waals surface area (Å²) in [6.45, 7) is 12.8. The predicted molar refractivity (Wildman–Crippen MR) is 284 cm³/mol. The van der Waals surface area contributed by atoms with Gasteiger partial charge in [-0.3, -0.25) is 0 Å². The van der Waals surface area contributed by atoms with E-state index in [1.54, 1.807) is 0 Å². The molecule has 67 heavy (non-hydrogen) atoms. The van der Waals surface area contributed by atoms with Crippen LogP contribution in [0.5, 0.6) is 11.5 Å². The lowest BCUT2D eigenvalue weighted by atomic mass is 9.33. The van der Waals surface area contributed by atoms with E-state index in [9.17, 15) is 0 Å². The van der Waals surface area contributed by atoms with Gasteiger partial charge in [0.15, 0.2) is 0 Å². The van der Waals surface area contributed by atoms with Gasteiger partial charge in [-0.25, -0.2) is 0 Å². The lowest BCUT2D eigenvalue weighted by molar-refractivity contribution is 0.487. The maximum atomic E-state index is 7.23. The zero-order valence-corrected chi connectivity index (χ0v) is 39.1. The summed E-state index contributed by atoms with van der Waals surface area (Å²) < 4.78 is 9.65. The monoisotopic (exact) mass is 866 g/mol. The van der Waals surface area contributed by atoms with Crippen molar-refractivity contribution in [2.24, 2.45) is 7.05 Å². The van der Waals surface area contributed by atoms with Crippen LogP contribution < -0.4 is 35.8 Å². The number of nitrogens with zero attached hydrogens (tertiary/aromatic N) is 4. The topological polar surface area (TPSA) is 23.9 Å². The van der Waals surface area contributed by atoms with Crippen molar-refractivity contribution in [1.82, 2.24) is 4.57 Å². The largest absolute Gasteiger partial charge is 0.458 e. The Morgan fingerprint density at radius 1 is 0.433 bits per heavy atom. The van der Waals surface area contributed by atoms with Gasteiger partial charge >= 0.3 is 0 Å². The van der Waals surface area contributed by atoms with Gasteiger partial charge in [-0.2, -0.15) is 0 Å². The van der Waals surface area contributed by atoms with Crippen molar-refractivity contribution in [3.63, 3.8) is 0 Å². The predicted octanol–water partition coefficient (Wildman–Crippen LogP) is 14.5. The van der Waals surface area contributed by atoms with Crippen molar-refractivity contribution in [3.8, 4) is 11.5 Å². The molecule has 3 heterocycles. The lowest BCUT2D eigenvalue weighted by Gasteiger charge is -2.42. The summed E-state index contributed by atoms with van der Waals surface area (Å²) in [7, 11) is 2.24. The van der Waals surface area contributed by atoms with Gasteiger partial charge in [0.2, 0.25) is 0 Å². The van der Waals surface area contributed by atoms with E-state index < -0.39 is 0 Å². The summed E-state index contributed by atoms with van der Waals surface area (Å²) in [5.41, 5.74) is 23.1. The van der Waals surface area contributed by atoms with Gasteiger partial charge in [-0.05, 0) is 143 Å². The average Bonchev–Trinajstić information content (AvgIpc) is 3.64. The van der Waals surface area contributed by atoms with Crippen molar-refractivity contribution in [2.75, 3.05) is 14.7 Å². The molecule has 1 aromatic heterocycles. The maximum Gasteiger partial charge on any atom is 0.257 e. The van der Waals surface area contributed by atoms with E-state index in [0.29, 0.717) is 0 Å². The van der Waals surface area contributed by atoms with E-state index in [2.05, 4.69) is 250 Å². The molecular formula is C61H51BN4O. The van der Waals surface area contributed by atoms with E-state index in [1.165, 1.54) is 71.6 Å². The number of aromatic nitrogens is 1. The van der Waals surface area contributed by atoms with Crippen LogP contribution in [-0.2, 0) is 7.05 Å². The molecule has 12 rings (SSSR count). The van der Waals surface area contributed by atoms with Crippen LogP contribution >= 0.6 is 0 Å². The second-order valence-electron chi connectivity index (χ2n) is 18.8. The molecule has 0 radical (unpaired) electrons. The average molecular weight is 867 g/mol. The van der Waals surface area contributed by atoms with Crippen LogP contribution in [0.1, 0.15) is 33.4 Å². The summed E-state index contributed by atoms with van der Waals surface area (Å²) in [5, 5.41) is 2.47. The van der Waals surface area contributed by atoms with Crippen molar-refractivity contribution >= 4 is 96.1 Å². The third kappa shape index (κ3) is 6.61. The molecule has 0 aliphatic carbocycles. The highest BCUT2D eigenvalue weighted by Gasteiger charge is 2.45. The van der Waals surface area contributed by atoms with Gasteiger partial charge in [-0.1, -0.05) is 124 Å². The zero-order valence-electron chi connectivity index (χ0n) is 39.1. The van der Waals surface area contributed by atoms with Crippen LogP contribution in [0.2, 0.25) is 0 Å². The molecular weight excluding hydrogens is 816 g/mol. The molecule has 5 nitrogen and oxygen atoms in total. The van der Waals surface area contributed by atoms with Crippen LogP contribution in [0.4, 0.5) is 51.2 Å². The highest BCUT2D eigenvalue weighted by atomic mass is 16.5. The molecule has 0 saturated heterocycles. The Labute approximate surface area is 393 Å². The Bertz CT molecular complexity index is 3470. The smallest absolute Gasteiger partial charge is 0.257 e. The molecule has 0 amide bonds. The minimum Gasteiger partial charge on any atom is -0.458 e. The number of anilines is 9. The van der Waals surface area contributed by atoms with Crippen LogP contribution in [0.25, 0.3) is 21.8 Å². The first-order valence-electron chi connectivity index (χ1n) is 23.3. The fourth-order valence-electron chi connectivity index (χ4n) is 10.6. The van der Waals surface area contributed by atoms with Gasteiger partial charge in [0.1, 0.15) is 11.5 Å². The first-order chi connectivity index (χ1) is 32.6. The summed E-state index contributed by atoms with van der Waals surface area (Å²) >= 11 is 0. The molecule has 0 N–H and O–H groups in total. The Hall–Kier alpha value is -7.96. The number of aryl methyl sites for hydroxylation is 7. The summed E-state index contributed by atoms with van der Waals surface area (Å²) in [4.78, 5) is 7.36. The summed E-state index contributed by atoms with van der Waals surface area (Å²) in [5.74, 6) is 1.75. The van der Waals surface area contributed by atoms with Crippen LogP contribution in [-0.4, -0.2) is 11.3 Å². The molecule has 0 fully saturated rings. The quantitative estimate of drug-likeness (QED) is 0.149. The standard InChI is InChI=1S/C61H51BN4O/c1-38-12-23-44(24-13-38)64(45-25-14-39(2)15-26-45)49-35-53-59-57(36-49)67-56-33-22-43(6)34-51(56)62(59)60-54(66(53)48-31-20-42(5)21-32-48)37-55(61-58(60)50-10-8-9-11-52(50)63(61)7)65(46-27-16-40(3)17-28-46)47-29-18-41(4)19-30-47/h8-37H,1-7H3. The molecule has 10 aromatic rings. The fourth-order valence-corrected chi connectivity index (χ4v) is 10.6. The first-order valence-corrected chi connectivity index (χ1v) is 23.3. The van der Waals surface area contributed by atoms with Crippen LogP contribution in [0, 0.1) is 41.5 Å². The van der Waals surface area contributed by atoms with Gasteiger partial charge in [0.05, 0.1) is 16.9 Å². The molecule has 2 aliphatic heterocycles. The number of fused-ring (bicyclic) bond motifs is 8. The SMILES string of the molecule is Cc1ccc(N(c2ccc(C)cc2)c2cc3c4c(c2)N(c2ccc(C)cc2)c2cc(N(c5ccc(C)cc5)c5ccc(C)cc5)c5c(c2B4c2cc(C)ccc2O3)c2ccccc2n5C)cc1. The number of ether oxygens (including phenoxy) is 1. The number of hydrogen-bond acceptors (Lipinski definition) is 4. The van der Waals surface area contributed by atoms with Crippen molar-refractivity contribution in [3.05, 3.63) is 215 Å². The Balaban J connectivity index is 1.24. The van der Waals surface area contributed by atoms with E-state index >= 15 is 0 Å². The zero-order chi connectivity index (χ0) is 45.7. The molecule has 6 heteroatoms. The van der Waals surface area contributed by atoms with Crippen molar-refractivity contribution in [2.45, 2.75) is 41.5 Å². The van der Waals surface area contributed by atoms with Crippen LogP contribution in [0.15, 0.2) is 182 Å². The number of benzene rings is 9. The minimum absolute atomic E-state index is 0.138. The second kappa shape index (κ2) is 15.6. The van der Waals surface area contributed by atoms with Gasteiger partial charge in [0.25, 0.3) is 6.71 Å². The molecule has 0 spiro atoms. The second-order valence-corrected chi connectivity index (χ2v) is 18.8. The Morgan fingerprint density at radius 2 is 0.925 bits per heavy atom. The van der Waals surface area contributed by atoms with E-state index in [4.69, 9.17) is 4.74 Å². The minimum atomic E-state index is -0.138.